The minimum absolute atomic E-state index is 0.00234. The Kier molecular flexibility index (Phi) is 5.27. The van der Waals surface area contributed by atoms with Crippen LogP contribution in [0.15, 0.2) is 53.4 Å². The number of rotatable bonds is 6. The third kappa shape index (κ3) is 3.83. The standard InChI is InChI=1S/C18H19N3OS2/c1-13(17-19-8-10-24-17)21(2)18(22)14-5-3-6-15(11-14)20-12-16-7-4-9-23-16/h3-11,13,20H,12H2,1-2H3. The summed E-state index contributed by atoms with van der Waals surface area (Å²) in [6, 6.07) is 11.7. The van der Waals surface area contributed by atoms with Crippen LogP contribution in [0.5, 0.6) is 0 Å². The molecule has 124 valence electrons. The summed E-state index contributed by atoms with van der Waals surface area (Å²) in [6.45, 7) is 2.76. The summed E-state index contributed by atoms with van der Waals surface area (Å²) in [4.78, 5) is 20.0. The number of nitrogens with one attached hydrogen (secondary N) is 1. The van der Waals surface area contributed by atoms with Crippen molar-refractivity contribution in [1.82, 2.24) is 9.88 Å². The maximum atomic E-state index is 12.7. The predicted molar refractivity (Wildman–Crippen MR) is 101 cm³/mol. The molecule has 0 aliphatic rings. The van der Waals surface area contributed by atoms with Gasteiger partial charge in [0.25, 0.3) is 5.91 Å². The van der Waals surface area contributed by atoms with Crippen LogP contribution < -0.4 is 5.32 Å². The van der Waals surface area contributed by atoms with Crippen molar-refractivity contribution in [2.24, 2.45) is 0 Å². The highest BCUT2D eigenvalue weighted by atomic mass is 32.1. The summed E-state index contributed by atoms with van der Waals surface area (Å²) in [7, 11) is 1.82. The summed E-state index contributed by atoms with van der Waals surface area (Å²) in [5, 5.41) is 8.30. The van der Waals surface area contributed by atoms with Gasteiger partial charge < -0.3 is 10.2 Å². The van der Waals surface area contributed by atoms with Gasteiger partial charge in [0.05, 0.1) is 6.04 Å². The fourth-order valence-electron chi connectivity index (χ4n) is 2.35. The minimum Gasteiger partial charge on any atom is -0.380 e. The summed E-state index contributed by atoms with van der Waals surface area (Å²) in [6.07, 6.45) is 1.77. The van der Waals surface area contributed by atoms with E-state index in [0.29, 0.717) is 5.56 Å². The monoisotopic (exact) mass is 357 g/mol. The van der Waals surface area contributed by atoms with Gasteiger partial charge in [-0.1, -0.05) is 12.1 Å². The lowest BCUT2D eigenvalue weighted by molar-refractivity contribution is 0.0742. The molecule has 4 nitrogen and oxygen atoms in total. The number of anilines is 1. The summed E-state index contributed by atoms with van der Waals surface area (Å²) in [5.74, 6) is -0.00234. The Morgan fingerprint density at radius 1 is 1.25 bits per heavy atom. The molecular formula is C18H19N3OS2. The average molecular weight is 358 g/mol. The number of thiazole rings is 1. The second-order valence-corrected chi connectivity index (χ2v) is 7.43. The molecule has 1 aromatic carbocycles. The fourth-order valence-corrected chi connectivity index (χ4v) is 3.73. The van der Waals surface area contributed by atoms with Gasteiger partial charge in [0.1, 0.15) is 5.01 Å². The molecule has 1 unspecified atom stereocenters. The molecule has 6 heteroatoms. The first-order valence-electron chi connectivity index (χ1n) is 7.68. The van der Waals surface area contributed by atoms with Gasteiger partial charge in [-0.25, -0.2) is 4.98 Å². The number of benzene rings is 1. The van der Waals surface area contributed by atoms with E-state index in [1.54, 1.807) is 33.8 Å². The molecule has 2 heterocycles. The second-order valence-electron chi connectivity index (χ2n) is 5.48. The molecule has 3 rings (SSSR count). The van der Waals surface area contributed by atoms with E-state index in [-0.39, 0.29) is 11.9 Å². The van der Waals surface area contributed by atoms with Crippen LogP contribution in [0.4, 0.5) is 5.69 Å². The molecule has 2 aromatic heterocycles. The number of carbonyl (C=O) groups excluding carboxylic acids is 1. The van der Waals surface area contributed by atoms with Crippen molar-refractivity contribution in [3.8, 4) is 0 Å². The van der Waals surface area contributed by atoms with Crippen LogP contribution in [0.3, 0.4) is 0 Å². The van der Waals surface area contributed by atoms with Gasteiger partial charge >= 0.3 is 0 Å². The third-order valence-electron chi connectivity index (χ3n) is 3.87. The highest BCUT2D eigenvalue weighted by Crippen LogP contribution is 2.23. The Labute approximate surface area is 149 Å². The predicted octanol–water partition coefficient (Wildman–Crippen LogP) is 4.65. The first kappa shape index (κ1) is 16.7. The molecule has 24 heavy (non-hydrogen) atoms. The molecular weight excluding hydrogens is 338 g/mol. The Balaban J connectivity index is 1.69. The first-order valence-corrected chi connectivity index (χ1v) is 9.44. The quantitative estimate of drug-likeness (QED) is 0.698. The van der Waals surface area contributed by atoms with Crippen molar-refractivity contribution in [1.29, 1.82) is 0 Å². The largest absolute Gasteiger partial charge is 0.380 e. The van der Waals surface area contributed by atoms with Crippen LogP contribution in [0.2, 0.25) is 0 Å². The van der Waals surface area contributed by atoms with Crippen molar-refractivity contribution < 1.29 is 4.79 Å². The van der Waals surface area contributed by atoms with Gasteiger partial charge in [0.2, 0.25) is 0 Å². The van der Waals surface area contributed by atoms with Gasteiger partial charge in [-0.15, -0.1) is 22.7 Å². The minimum atomic E-state index is -0.0414. The van der Waals surface area contributed by atoms with E-state index in [1.165, 1.54) is 4.88 Å². The zero-order valence-corrected chi connectivity index (χ0v) is 15.2. The number of aromatic nitrogens is 1. The highest BCUT2D eigenvalue weighted by molar-refractivity contribution is 7.10. The molecule has 0 saturated heterocycles. The number of carbonyl (C=O) groups is 1. The number of thiophene rings is 1. The van der Waals surface area contributed by atoms with Crippen molar-refractivity contribution in [2.45, 2.75) is 19.5 Å². The molecule has 0 aliphatic heterocycles. The molecule has 0 bridgehead atoms. The maximum Gasteiger partial charge on any atom is 0.254 e. The first-order chi connectivity index (χ1) is 11.6. The van der Waals surface area contributed by atoms with E-state index in [9.17, 15) is 4.79 Å². The zero-order chi connectivity index (χ0) is 16.9. The smallest absolute Gasteiger partial charge is 0.254 e. The maximum absolute atomic E-state index is 12.7. The van der Waals surface area contributed by atoms with E-state index in [2.05, 4.69) is 21.7 Å². The molecule has 0 aliphatic carbocycles. The van der Waals surface area contributed by atoms with Crippen LogP contribution in [-0.2, 0) is 6.54 Å². The van der Waals surface area contributed by atoms with Crippen molar-refractivity contribution in [2.75, 3.05) is 12.4 Å². The summed E-state index contributed by atoms with van der Waals surface area (Å²) >= 11 is 3.28. The lowest BCUT2D eigenvalue weighted by Crippen LogP contribution is -2.29. The van der Waals surface area contributed by atoms with Gasteiger partial charge in [-0.3, -0.25) is 4.79 Å². The van der Waals surface area contributed by atoms with E-state index >= 15 is 0 Å². The lowest BCUT2D eigenvalue weighted by Gasteiger charge is -2.23. The number of amides is 1. The molecule has 0 spiro atoms. The molecule has 0 saturated carbocycles. The third-order valence-corrected chi connectivity index (χ3v) is 5.69. The van der Waals surface area contributed by atoms with Crippen molar-refractivity contribution in [3.63, 3.8) is 0 Å². The zero-order valence-electron chi connectivity index (χ0n) is 13.6. The molecule has 1 N–H and O–H groups in total. The summed E-state index contributed by atoms with van der Waals surface area (Å²) in [5.41, 5.74) is 1.63. The molecule has 0 fully saturated rings. The molecule has 1 amide bonds. The SMILES string of the molecule is CC(c1nccs1)N(C)C(=O)c1cccc(NCc2cccs2)c1. The second kappa shape index (κ2) is 7.59. The molecule has 3 aromatic rings. The molecule has 1 atom stereocenters. The van der Waals surface area contributed by atoms with Crippen LogP contribution in [0.25, 0.3) is 0 Å². The van der Waals surface area contributed by atoms with E-state index in [0.717, 1.165) is 17.2 Å². The Morgan fingerprint density at radius 3 is 2.83 bits per heavy atom. The van der Waals surface area contributed by atoms with Crippen molar-refractivity contribution in [3.05, 3.63) is 68.8 Å². The van der Waals surface area contributed by atoms with Gasteiger partial charge in [0, 0.05) is 41.3 Å². The normalized spacial score (nSPS) is 11.9. The molecule has 0 radical (unpaired) electrons. The lowest BCUT2D eigenvalue weighted by atomic mass is 10.1. The number of hydrogen-bond acceptors (Lipinski definition) is 5. The average Bonchev–Trinajstić information content (AvgIpc) is 3.31. The van der Waals surface area contributed by atoms with E-state index in [4.69, 9.17) is 0 Å². The van der Waals surface area contributed by atoms with Crippen LogP contribution in [0.1, 0.15) is 33.2 Å². The fraction of sp³-hybridized carbons (Fsp3) is 0.222. The van der Waals surface area contributed by atoms with Crippen LogP contribution >= 0.6 is 22.7 Å². The van der Waals surface area contributed by atoms with E-state index in [1.807, 2.05) is 49.7 Å². The van der Waals surface area contributed by atoms with Crippen LogP contribution in [0, 0.1) is 0 Å². The number of nitrogens with zero attached hydrogens (tertiary/aromatic N) is 2. The van der Waals surface area contributed by atoms with Crippen LogP contribution in [-0.4, -0.2) is 22.8 Å². The van der Waals surface area contributed by atoms with Gasteiger partial charge in [0.15, 0.2) is 0 Å². The number of hydrogen-bond donors (Lipinski definition) is 1. The Hall–Kier alpha value is -2.18. The van der Waals surface area contributed by atoms with Crippen molar-refractivity contribution >= 4 is 34.3 Å². The topological polar surface area (TPSA) is 45.2 Å². The highest BCUT2D eigenvalue weighted by Gasteiger charge is 2.20. The van der Waals surface area contributed by atoms with Gasteiger partial charge in [-0.05, 0) is 36.6 Å². The Bertz CT molecular complexity index is 784. The summed E-state index contributed by atoms with van der Waals surface area (Å²) < 4.78 is 0. The Morgan fingerprint density at radius 2 is 2.12 bits per heavy atom. The van der Waals surface area contributed by atoms with E-state index < -0.39 is 0 Å². The van der Waals surface area contributed by atoms with Gasteiger partial charge in [-0.2, -0.15) is 0 Å².